The van der Waals surface area contributed by atoms with E-state index in [1.54, 1.807) is 12.1 Å². The number of allylic oxidation sites excluding steroid dienone is 2. The van der Waals surface area contributed by atoms with Gasteiger partial charge in [-0.1, -0.05) is 72.8 Å². The van der Waals surface area contributed by atoms with Gasteiger partial charge in [-0.2, -0.15) is 0 Å². The van der Waals surface area contributed by atoms with Crippen LogP contribution in [-0.2, 0) is 19.3 Å². The van der Waals surface area contributed by atoms with E-state index in [2.05, 4.69) is 42.5 Å². The Morgan fingerprint density at radius 3 is 2.10 bits per heavy atom. The quantitative estimate of drug-likeness (QED) is 0.269. The zero-order chi connectivity index (χ0) is 21.6. The fourth-order valence-electron chi connectivity index (χ4n) is 3.92. The molecule has 0 aliphatic rings. The normalized spacial score (nSPS) is 11.5. The van der Waals surface area contributed by atoms with E-state index >= 15 is 4.39 Å². The molecule has 31 heavy (non-hydrogen) atoms. The molecule has 0 aromatic heterocycles. The Morgan fingerprint density at radius 2 is 1.35 bits per heavy atom. The molecule has 2 heteroatoms. The van der Waals surface area contributed by atoms with E-state index in [-0.39, 0.29) is 11.6 Å². The van der Waals surface area contributed by atoms with Crippen LogP contribution in [0.4, 0.5) is 8.78 Å². The monoisotopic (exact) mass is 412 g/mol. The number of halogens is 2. The largest absolute Gasteiger partial charge is 0.207 e. The van der Waals surface area contributed by atoms with Gasteiger partial charge in [0.15, 0.2) is 0 Å². The lowest BCUT2D eigenvalue weighted by Gasteiger charge is -2.10. The van der Waals surface area contributed by atoms with Crippen LogP contribution in [0.1, 0.15) is 30.0 Å². The van der Waals surface area contributed by atoms with E-state index in [9.17, 15) is 4.39 Å². The number of benzene rings is 4. The van der Waals surface area contributed by atoms with Crippen molar-refractivity contribution in [3.63, 3.8) is 0 Å². The molecule has 0 heterocycles. The molecule has 0 fully saturated rings. The molecule has 0 aliphatic heterocycles. The van der Waals surface area contributed by atoms with Crippen molar-refractivity contribution in [3.05, 3.63) is 119 Å². The van der Waals surface area contributed by atoms with Crippen molar-refractivity contribution < 1.29 is 8.78 Å². The molecule has 0 amide bonds. The Labute approximate surface area is 182 Å². The van der Waals surface area contributed by atoms with E-state index in [0.29, 0.717) is 23.8 Å². The first-order valence-electron chi connectivity index (χ1n) is 10.8. The van der Waals surface area contributed by atoms with Crippen LogP contribution in [0.2, 0.25) is 0 Å². The average Bonchev–Trinajstić information content (AvgIpc) is 2.80. The summed E-state index contributed by atoms with van der Waals surface area (Å²) in [7, 11) is 0. The molecule has 0 atom stereocenters. The second kappa shape index (κ2) is 9.70. The maximum absolute atomic E-state index is 15.1. The highest BCUT2D eigenvalue weighted by Crippen LogP contribution is 2.28. The average molecular weight is 413 g/mol. The van der Waals surface area contributed by atoms with Gasteiger partial charge >= 0.3 is 0 Å². The van der Waals surface area contributed by atoms with Crippen LogP contribution in [0.5, 0.6) is 0 Å². The van der Waals surface area contributed by atoms with Gasteiger partial charge in [0.05, 0.1) is 0 Å². The van der Waals surface area contributed by atoms with Crippen LogP contribution >= 0.6 is 0 Å². The Morgan fingerprint density at radius 1 is 0.677 bits per heavy atom. The molecule has 0 nitrogen and oxygen atoms in total. The van der Waals surface area contributed by atoms with Gasteiger partial charge in [-0.3, -0.25) is 0 Å². The highest BCUT2D eigenvalue weighted by Gasteiger charge is 2.09. The van der Waals surface area contributed by atoms with Crippen LogP contribution in [-0.4, -0.2) is 0 Å². The number of hydrogen-bond acceptors (Lipinski definition) is 0. The summed E-state index contributed by atoms with van der Waals surface area (Å²) in [6.45, 7) is 2.04. The van der Waals surface area contributed by atoms with Gasteiger partial charge in [-0.25, -0.2) is 8.78 Å². The molecular formula is C29H26F2. The first-order chi connectivity index (χ1) is 15.1. The van der Waals surface area contributed by atoms with E-state index in [1.807, 2.05) is 31.2 Å². The molecular weight excluding hydrogens is 386 g/mol. The van der Waals surface area contributed by atoms with Gasteiger partial charge in [0.1, 0.15) is 11.6 Å². The van der Waals surface area contributed by atoms with Gasteiger partial charge in [0, 0.05) is 5.39 Å². The van der Waals surface area contributed by atoms with Gasteiger partial charge in [0.25, 0.3) is 0 Å². The molecule has 0 N–H and O–H groups in total. The predicted octanol–water partition coefficient (Wildman–Crippen LogP) is 8.08. The van der Waals surface area contributed by atoms with Crippen molar-refractivity contribution >= 4 is 10.8 Å². The molecule has 4 aromatic carbocycles. The maximum Gasteiger partial charge on any atom is 0.134 e. The van der Waals surface area contributed by atoms with Gasteiger partial charge in [-0.15, -0.1) is 0 Å². The summed E-state index contributed by atoms with van der Waals surface area (Å²) in [5.74, 6) is -0.412. The van der Waals surface area contributed by atoms with Crippen molar-refractivity contribution in [1.82, 2.24) is 0 Å². The highest BCUT2D eigenvalue weighted by molar-refractivity contribution is 5.88. The van der Waals surface area contributed by atoms with E-state index in [4.69, 9.17) is 0 Å². The standard InChI is InChI=1S/C29H26F2/c1-2-3-4-5-21-6-11-23(12-7-21)25-16-19-28-26(20-25)15-14-24(29(28)31)13-8-22-9-17-27(30)18-10-22/h2-3,6-7,9-12,14-20H,4-5,8,13H2,1H3/b3-2+. The van der Waals surface area contributed by atoms with Crippen LogP contribution in [0, 0.1) is 11.6 Å². The SMILES string of the molecule is C/C=C/CCc1ccc(-c2ccc3c(F)c(CCc4ccc(F)cc4)ccc3c2)cc1. The molecule has 0 unspecified atom stereocenters. The Hall–Kier alpha value is -3.26. The van der Waals surface area contributed by atoms with Gasteiger partial charge < -0.3 is 0 Å². The minimum Gasteiger partial charge on any atom is -0.207 e. The van der Waals surface area contributed by atoms with Crippen molar-refractivity contribution in [1.29, 1.82) is 0 Å². The third kappa shape index (κ3) is 5.08. The van der Waals surface area contributed by atoms with E-state index in [0.717, 1.165) is 34.9 Å². The third-order valence-electron chi connectivity index (χ3n) is 5.75. The minimum absolute atomic E-state index is 0.162. The van der Waals surface area contributed by atoms with Crippen LogP contribution in [0.3, 0.4) is 0 Å². The minimum atomic E-state index is -0.250. The molecule has 0 aliphatic carbocycles. The van der Waals surface area contributed by atoms with Gasteiger partial charge in [0.2, 0.25) is 0 Å². The second-order valence-corrected chi connectivity index (χ2v) is 7.91. The topological polar surface area (TPSA) is 0 Å². The Kier molecular flexibility index (Phi) is 6.57. The van der Waals surface area contributed by atoms with Crippen molar-refractivity contribution in [2.45, 2.75) is 32.6 Å². The molecule has 4 aromatic rings. The summed E-state index contributed by atoms with van der Waals surface area (Å²) >= 11 is 0. The lowest BCUT2D eigenvalue weighted by Crippen LogP contribution is -1.96. The maximum atomic E-state index is 15.1. The highest BCUT2D eigenvalue weighted by atomic mass is 19.1. The van der Waals surface area contributed by atoms with E-state index < -0.39 is 0 Å². The smallest absolute Gasteiger partial charge is 0.134 e. The fourth-order valence-corrected chi connectivity index (χ4v) is 3.92. The van der Waals surface area contributed by atoms with Crippen molar-refractivity contribution in [2.24, 2.45) is 0 Å². The first-order valence-corrected chi connectivity index (χ1v) is 10.8. The second-order valence-electron chi connectivity index (χ2n) is 7.91. The lowest BCUT2D eigenvalue weighted by molar-refractivity contribution is 0.619. The summed E-state index contributed by atoms with van der Waals surface area (Å²) in [5, 5.41) is 1.54. The predicted molar refractivity (Wildman–Crippen MR) is 126 cm³/mol. The third-order valence-corrected chi connectivity index (χ3v) is 5.75. The molecule has 0 bridgehead atoms. The Bertz CT molecular complexity index is 1190. The molecule has 0 saturated heterocycles. The number of hydrogen-bond donors (Lipinski definition) is 0. The lowest BCUT2D eigenvalue weighted by atomic mass is 9.96. The molecule has 0 spiro atoms. The summed E-state index contributed by atoms with van der Waals surface area (Å²) in [6.07, 6.45) is 7.62. The fraction of sp³-hybridized carbons (Fsp3) is 0.172. The molecule has 4 rings (SSSR count). The van der Waals surface area contributed by atoms with Crippen LogP contribution in [0.25, 0.3) is 21.9 Å². The molecule has 0 saturated carbocycles. The van der Waals surface area contributed by atoms with Crippen molar-refractivity contribution in [3.8, 4) is 11.1 Å². The summed E-state index contributed by atoms with van der Waals surface area (Å²) in [5.41, 5.74) is 5.24. The zero-order valence-corrected chi connectivity index (χ0v) is 17.7. The number of aryl methyl sites for hydroxylation is 3. The van der Waals surface area contributed by atoms with Crippen LogP contribution < -0.4 is 0 Å². The molecule has 0 radical (unpaired) electrons. The Balaban J connectivity index is 1.52. The van der Waals surface area contributed by atoms with E-state index in [1.165, 1.54) is 17.7 Å². The summed E-state index contributed by atoms with van der Waals surface area (Å²) < 4.78 is 28.2. The van der Waals surface area contributed by atoms with Crippen LogP contribution in [0.15, 0.2) is 91.0 Å². The first kappa shape index (κ1) is 21.0. The summed E-state index contributed by atoms with van der Waals surface area (Å²) in [4.78, 5) is 0. The summed E-state index contributed by atoms with van der Waals surface area (Å²) in [6, 6.07) is 24.8. The molecule has 156 valence electrons. The van der Waals surface area contributed by atoms with Gasteiger partial charge in [-0.05, 0) is 84.0 Å². The zero-order valence-electron chi connectivity index (χ0n) is 17.7. The van der Waals surface area contributed by atoms with Crippen molar-refractivity contribution in [2.75, 3.05) is 0 Å². The number of rotatable bonds is 7. The number of fused-ring (bicyclic) bond motifs is 1.